The van der Waals surface area contributed by atoms with Crippen LogP contribution < -0.4 is 10.1 Å². The highest BCUT2D eigenvalue weighted by Gasteiger charge is 2.16. The van der Waals surface area contributed by atoms with Crippen molar-refractivity contribution in [3.63, 3.8) is 0 Å². The van der Waals surface area contributed by atoms with Crippen molar-refractivity contribution in [1.82, 2.24) is 19.6 Å². The second-order valence-electron chi connectivity index (χ2n) is 6.68. The Morgan fingerprint density at radius 2 is 2.00 bits per heavy atom. The predicted molar refractivity (Wildman–Crippen MR) is 125 cm³/mol. The molecule has 2 aromatic carbocycles. The molecule has 4 aromatic rings. The minimum atomic E-state index is -0.594. The van der Waals surface area contributed by atoms with Crippen molar-refractivity contribution < 1.29 is 14.5 Å². The Kier molecular flexibility index (Phi) is 6.63. The second kappa shape index (κ2) is 9.61. The minimum absolute atomic E-state index is 0.110. The lowest BCUT2D eigenvalue weighted by molar-refractivity contribution is -0.384. The van der Waals surface area contributed by atoms with Gasteiger partial charge in [0, 0.05) is 29.5 Å². The maximum absolute atomic E-state index is 12.7. The van der Waals surface area contributed by atoms with Crippen molar-refractivity contribution in [1.29, 1.82) is 0 Å². The summed E-state index contributed by atoms with van der Waals surface area (Å²) in [5, 5.41) is 23.0. The number of rotatable bonds is 7. The van der Waals surface area contributed by atoms with Crippen LogP contribution in [0.25, 0.3) is 0 Å². The fraction of sp³-hybridized carbons (Fsp3) is 0.0500. The first-order chi connectivity index (χ1) is 15.8. The molecule has 4 rings (SSSR count). The van der Waals surface area contributed by atoms with Gasteiger partial charge in [-0.25, -0.2) is 4.68 Å². The third-order valence-electron chi connectivity index (χ3n) is 4.25. The number of nitro groups is 1. The van der Waals surface area contributed by atoms with Gasteiger partial charge in [-0.1, -0.05) is 23.2 Å². The summed E-state index contributed by atoms with van der Waals surface area (Å²) < 4.78 is 9.65. The highest BCUT2D eigenvalue weighted by atomic mass is 79.9. The van der Waals surface area contributed by atoms with Crippen LogP contribution in [0, 0.1) is 10.1 Å². The summed E-state index contributed by atoms with van der Waals surface area (Å²) in [6.45, 7) is 0.301. The van der Waals surface area contributed by atoms with Crippen molar-refractivity contribution in [3.05, 3.63) is 91.4 Å². The summed E-state index contributed by atoms with van der Waals surface area (Å²) in [7, 11) is 0. The molecule has 0 radical (unpaired) electrons. The molecular weight excluding hydrogens is 539 g/mol. The number of hydrogen-bond acceptors (Lipinski definition) is 6. The Bertz CT molecular complexity index is 1360. The van der Waals surface area contributed by atoms with Gasteiger partial charge in [-0.2, -0.15) is 10.2 Å². The van der Waals surface area contributed by atoms with Gasteiger partial charge in [-0.05, 0) is 40.2 Å². The Balaban J connectivity index is 1.53. The van der Waals surface area contributed by atoms with Crippen molar-refractivity contribution in [2.24, 2.45) is 0 Å². The molecule has 1 N–H and O–H groups in total. The third kappa shape index (κ3) is 5.69. The maximum atomic E-state index is 12.7. The van der Waals surface area contributed by atoms with Crippen LogP contribution >= 0.6 is 39.1 Å². The normalized spacial score (nSPS) is 10.8. The zero-order valence-electron chi connectivity index (χ0n) is 16.5. The van der Waals surface area contributed by atoms with Crippen LogP contribution in [0.3, 0.4) is 0 Å². The van der Waals surface area contributed by atoms with Crippen molar-refractivity contribution in [2.75, 3.05) is 5.32 Å². The average Bonchev–Trinajstić information content (AvgIpc) is 3.39. The first-order valence-corrected chi connectivity index (χ1v) is 10.8. The van der Waals surface area contributed by atoms with E-state index in [-0.39, 0.29) is 33.6 Å². The quantitative estimate of drug-likeness (QED) is 0.236. The van der Waals surface area contributed by atoms with Crippen LogP contribution in [0.2, 0.25) is 10.0 Å². The van der Waals surface area contributed by atoms with E-state index < -0.39 is 10.8 Å². The van der Waals surface area contributed by atoms with Gasteiger partial charge < -0.3 is 10.1 Å². The smallest absolute Gasteiger partial charge is 0.276 e. The summed E-state index contributed by atoms with van der Waals surface area (Å²) in [6, 6.07) is 9.98. The molecule has 0 spiro atoms. The first-order valence-electron chi connectivity index (χ1n) is 9.22. The Labute approximate surface area is 204 Å². The SMILES string of the molecule is O=C(Nc1cc(Oc2ccc(Cl)cc2Cl)cc([N+](=O)[O-])c1)c1ccn(Cn2cc(Br)cn2)n1. The topological polar surface area (TPSA) is 117 Å². The number of carbonyl (C=O) groups is 1. The van der Waals surface area contributed by atoms with E-state index >= 15 is 0 Å². The van der Waals surface area contributed by atoms with Gasteiger partial charge in [0.1, 0.15) is 18.2 Å². The number of nitro benzene ring substituents is 1. The van der Waals surface area contributed by atoms with E-state index in [1.54, 1.807) is 29.3 Å². The molecule has 0 bridgehead atoms. The lowest BCUT2D eigenvalue weighted by Gasteiger charge is -2.10. The van der Waals surface area contributed by atoms with Crippen molar-refractivity contribution in [3.8, 4) is 11.5 Å². The lowest BCUT2D eigenvalue weighted by atomic mass is 10.2. The second-order valence-corrected chi connectivity index (χ2v) is 8.44. The van der Waals surface area contributed by atoms with Gasteiger partial charge in [0.15, 0.2) is 5.69 Å². The van der Waals surface area contributed by atoms with Crippen LogP contribution in [-0.4, -0.2) is 30.4 Å². The summed E-state index contributed by atoms with van der Waals surface area (Å²) >= 11 is 15.3. The summed E-state index contributed by atoms with van der Waals surface area (Å²) in [6.07, 6.45) is 5.02. The lowest BCUT2D eigenvalue weighted by Crippen LogP contribution is -2.15. The summed E-state index contributed by atoms with van der Waals surface area (Å²) in [4.78, 5) is 23.4. The molecule has 13 heteroatoms. The van der Waals surface area contributed by atoms with Crippen LogP contribution in [0.15, 0.2) is 65.5 Å². The Morgan fingerprint density at radius 1 is 1.18 bits per heavy atom. The molecule has 0 saturated heterocycles. The molecule has 0 aliphatic heterocycles. The number of hydrogen-bond donors (Lipinski definition) is 1. The van der Waals surface area contributed by atoms with E-state index in [4.69, 9.17) is 27.9 Å². The number of aromatic nitrogens is 4. The fourth-order valence-electron chi connectivity index (χ4n) is 2.83. The first kappa shape index (κ1) is 22.8. The third-order valence-corrected chi connectivity index (χ3v) is 5.19. The number of nitrogens with zero attached hydrogens (tertiary/aromatic N) is 5. The Morgan fingerprint density at radius 3 is 2.70 bits per heavy atom. The molecule has 0 atom stereocenters. The highest BCUT2D eigenvalue weighted by Crippen LogP contribution is 2.34. The zero-order valence-corrected chi connectivity index (χ0v) is 19.6. The summed E-state index contributed by atoms with van der Waals surface area (Å²) in [5.41, 5.74) is -0.00143. The molecular formula is C20H13BrCl2N6O4. The number of non-ortho nitro benzene ring substituents is 1. The number of halogens is 3. The van der Waals surface area contributed by atoms with Gasteiger partial charge >= 0.3 is 0 Å². The van der Waals surface area contributed by atoms with Gasteiger partial charge in [-0.3, -0.25) is 19.6 Å². The molecule has 0 aliphatic rings. The van der Waals surface area contributed by atoms with Crippen LogP contribution in [0.4, 0.5) is 11.4 Å². The highest BCUT2D eigenvalue weighted by molar-refractivity contribution is 9.10. The van der Waals surface area contributed by atoms with Gasteiger partial charge in [-0.15, -0.1) is 0 Å². The molecule has 0 aliphatic carbocycles. The van der Waals surface area contributed by atoms with E-state index in [0.717, 1.165) is 4.47 Å². The minimum Gasteiger partial charge on any atom is -0.455 e. The van der Waals surface area contributed by atoms with Crippen molar-refractivity contribution in [2.45, 2.75) is 6.67 Å². The number of amides is 1. The molecule has 1 amide bonds. The molecule has 0 unspecified atom stereocenters. The van der Waals surface area contributed by atoms with Crippen LogP contribution in [0.1, 0.15) is 10.5 Å². The van der Waals surface area contributed by atoms with Gasteiger partial charge in [0.25, 0.3) is 11.6 Å². The molecule has 2 heterocycles. The van der Waals surface area contributed by atoms with E-state index in [2.05, 4.69) is 31.4 Å². The molecule has 10 nitrogen and oxygen atoms in total. The molecule has 0 fully saturated rings. The molecule has 168 valence electrons. The summed E-state index contributed by atoms with van der Waals surface area (Å²) in [5.74, 6) is -0.187. The van der Waals surface area contributed by atoms with E-state index in [9.17, 15) is 14.9 Å². The molecule has 33 heavy (non-hydrogen) atoms. The predicted octanol–water partition coefficient (Wildman–Crippen LogP) is 5.61. The average molecular weight is 552 g/mol. The molecule has 0 saturated carbocycles. The Hall–Kier alpha value is -3.41. The van der Waals surface area contributed by atoms with Crippen molar-refractivity contribution >= 4 is 56.4 Å². The van der Waals surface area contributed by atoms with E-state index in [1.165, 1.54) is 41.1 Å². The van der Waals surface area contributed by atoms with Gasteiger partial charge in [0.05, 0.1) is 32.4 Å². The number of ether oxygens (including phenoxy) is 1. The fourth-order valence-corrected chi connectivity index (χ4v) is 3.60. The zero-order chi connectivity index (χ0) is 23.5. The number of carbonyl (C=O) groups excluding carboxylic acids is 1. The standard InChI is InChI=1S/C20H13BrCl2N6O4/c21-12-9-24-28(10-12)11-27-4-3-18(26-27)20(30)25-14-6-15(29(31)32)8-16(7-14)33-19-2-1-13(22)5-17(19)23/h1-10H,11H2,(H,25,30). The monoisotopic (exact) mass is 550 g/mol. The number of nitrogens with one attached hydrogen (secondary N) is 1. The van der Waals surface area contributed by atoms with E-state index in [1.807, 2.05) is 0 Å². The number of anilines is 1. The maximum Gasteiger partial charge on any atom is 0.276 e. The largest absolute Gasteiger partial charge is 0.455 e. The van der Waals surface area contributed by atoms with E-state index in [0.29, 0.717) is 11.7 Å². The van der Waals surface area contributed by atoms with Crippen LogP contribution in [-0.2, 0) is 6.67 Å². The van der Waals surface area contributed by atoms with Crippen LogP contribution in [0.5, 0.6) is 11.5 Å². The molecule has 2 aromatic heterocycles. The number of benzene rings is 2. The van der Waals surface area contributed by atoms with Gasteiger partial charge in [0.2, 0.25) is 0 Å².